The summed E-state index contributed by atoms with van der Waals surface area (Å²) >= 11 is 0. The summed E-state index contributed by atoms with van der Waals surface area (Å²) in [6, 6.07) is 21.4. The highest BCUT2D eigenvalue weighted by molar-refractivity contribution is 5.83. The monoisotopic (exact) mass is 441 g/mol. The van der Waals surface area contributed by atoms with Crippen molar-refractivity contribution < 1.29 is 20.1 Å². The lowest BCUT2D eigenvalue weighted by Gasteiger charge is -2.27. The van der Waals surface area contributed by atoms with E-state index >= 15 is 0 Å². The molecular formula is C28H27NO4. The second-order valence-corrected chi connectivity index (χ2v) is 8.30. The van der Waals surface area contributed by atoms with Crippen molar-refractivity contribution in [2.24, 2.45) is 0 Å². The standard InChI is InChI=1S/C28H27NO4/c1-17-8-10-26(31)24(12-17)29(25-13-18(2)9-11-27(25)32)21-6-5-7-23(15-21)33-28-16-22(30)14-19(3)20(28)4/h5-16,30-32H,1-4H3. The molecule has 33 heavy (non-hydrogen) atoms. The lowest BCUT2D eigenvalue weighted by molar-refractivity contribution is 0.452. The fraction of sp³-hybridized carbons (Fsp3) is 0.143. The van der Waals surface area contributed by atoms with Gasteiger partial charge in [-0.1, -0.05) is 18.2 Å². The third-order valence-corrected chi connectivity index (χ3v) is 5.65. The van der Waals surface area contributed by atoms with E-state index in [4.69, 9.17) is 4.74 Å². The average molecular weight is 442 g/mol. The van der Waals surface area contributed by atoms with Gasteiger partial charge in [0.25, 0.3) is 0 Å². The van der Waals surface area contributed by atoms with E-state index in [0.717, 1.165) is 22.3 Å². The summed E-state index contributed by atoms with van der Waals surface area (Å²) in [4.78, 5) is 1.80. The Bertz CT molecular complexity index is 1280. The van der Waals surface area contributed by atoms with Gasteiger partial charge in [0.2, 0.25) is 0 Å². The molecule has 4 rings (SSSR count). The summed E-state index contributed by atoms with van der Waals surface area (Å²) in [7, 11) is 0. The van der Waals surface area contributed by atoms with Crippen molar-refractivity contribution in [2.75, 3.05) is 4.90 Å². The minimum Gasteiger partial charge on any atom is -0.508 e. The third kappa shape index (κ3) is 4.58. The second-order valence-electron chi connectivity index (χ2n) is 8.30. The van der Waals surface area contributed by atoms with Gasteiger partial charge in [0.1, 0.15) is 28.7 Å². The first-order valence-corrected chi connectivity index (χ1v) is 10.7. The van der Waals surface area contributed by atoms with Gasteiger partial charge in [0.05, 0.1) is 17.1 Å². The molecule has 0 unspecified atom stereocenters. The van der Waals surface area contributed by atoms with Gasteiger partial charge < -0.3 is 25.0 Å². The summed E-state index contributed by atoms with van der Waals surface area (Å²) in [6.07, 6.45) is 0. The molecule has 3 N–H and O–H groups in total. The third-order valence-electron chi connectivity index (χ3n) is 5.65. The van der Waals surface area contributed by atoms with E-state index in [1.807, 2.05) is 76.2 Å². The number of benzene rings is 4. The van der Waals surface area contributed by atoms with Gasteiger partial charge in [0, 0.05) is 12.1 Å². The summed E-state index contributed by atoms with van der Waals surface area (Å²) in [6.45, 7) is 7.75. The van der Waals surface area contributed by atoms with Gasteiger partial charge in [-0.05, 0) is 92.4 Å². The zero-order chi connectivity index (χ0) is 23.7. The number of hydrogen-bond acceptors (Lipinski definition) is 5. The summed E-state index contributed by atoms with van der Waals surface area (Å²) in [5.74, 6) is 1.44. The normalized spacial score (nSPS) is 10.8. The van der Waals surface area contributed by atoms with Crippen molar-refractivity contribution >= 4 is 17.1 Å². The Kier molecular flexibility index (Phi) is 5.88. The number of aromatic hydroxyl groups is 3. The molecule has 5 nitrogen and oxygen atoms in total. The lowest BCUT2D eigenvalue weighted by atomic mass is 10.1. The first-order valence-electron chi connectivity index (χ1n) is 10.7. The minimum absolute atomic E-state index is 0.0901. The van der Waals surface area contributed by atoms with Gasteiger partial charge in [-0.3, -0.25) is 0 Å². The van der Waals surface area contributed by atoms with Crippen molar-refractivity contribution in [3.8, 4) is 28.7 Å². The smallest absolute Gasteiger partial charge is 0.139 e. The maximum atomic E-state index is 10.7. The van der Waals surface area contributed by atoms with E-state index in [1.54, 1.807) is 29.2 Å². The largest absolute Gasteiger partial charge is 0.508 e. The molecule has 0 atom stereocenters. The van der Waals surface area contributed by atoms with Crippen molar-refractivity contribution in [2.45, 2.75) is 27.7 Å². The second kappa shape index (κ2) is 8.79. The van der Waals surface area contributed by atoms with Crippen LogP contribution < -0.4 is 9.64 Å². The molecule has 0 bridgehead atoms. The van der Waals surface area contributed by atoms with Crippen molar-refractivity contribution in [3.05, 3.63) is 95.1 Å². The summed E-state index contributed by atoms with van der Waals surface area (Å²) < 4.78 is 6.13. The predicted octanol–water partition coefficient (Wildman–Crippen LogP) is 7.30. The van der Waals surface area contributed by atoms with Crippen LogP contribution in [-0.2, 0) is 0 Å². The highest BCUT2D eigenvalue weighted by Gasteiger charge is 2.20. The fourth-order valence-corrected chi connectivity index (χ4v) is 3.76. The molecule has 4 aromatic carbocycles. The Balaban J connectivity index is 1.85. The zero-order valence-electron chi connectivity index (χ0n) is 19.1. The maximum absolute atomic E-state index is 10.7. The highest BCUT2D eigenvalue weighted by atomic mass is 16.5. The van der Waals surface area contributed by atoms with Crippen LogP contribution in [0.2, 0.25) is 0 Å². The molecule has 0 saturated carbocycles. The van der Waals surface area contributed by atoms with Gasteiger partial charge >= 0.3 is 0 Å². The number of hydrogen-bond donors (Lipinski definition) is 3. The van der Waals surface area contributed by atoms with Crippen molar-refractivity contribution in [3.63, 3.8) is 0 Å². The Morgan fingerprint density at radius 2 is 1.27 bits per heavy atom. The Labute approximate surface area is 193 Å². The van der Waals surface area contributed by atoms with E-state index in [-0.39, 0.29) is 17.2 Å². The summed E-state index contributed by atoms with van der Waals surface area (Å²) in [5.41, 5.74) is 5.58. The van der Waals surface area contributed by atoms with Crippen LogP contribution in [0.1, 0.15) is 22.3 Å². The molecule has 0 aliphatic heterocycles. The van der Waals surface area contributed by atoms with E-state index in [1.165, 1.54) is 0 Å². The Morgan fingerprint density at radius 1 is 0.667 bits per heavy atom. The molecule has 0 heterocycles. The molecule has 0 spiro atoms. The van der Waals surface area contributed by atoms with Crippen LogP contribution >= 0.6 is 0 Å². The first-order chi connectivity index (χ1) is 15.7. The summed E-state index contributed by atoms with van der Waals surface area (Å²) in [5, 5.41) is 31.4. The zero-order valence-corrected chi connectivity index (χ0v) is 19.1. The number of ether oxygens (including phenoxy) is 1. The quantitative estimate of drug-likeness (QED) is 0.303. The molecule has 0 aliphatic carbocycles. The first kappa shape index (κ1) is 22.1. The molecule has 4 aromatic rings. The van der Waals surface area contributed by atoms with E-state index in [0.29, 0.717) is 28.6 Å². The van der Waals surface area contributed by atoms with Crippen LogP contribution in [0.5, 0.6) is 28.7 Å². The minimum atomic E-state index is 0.0901. The van der Waals surface area contributed by atoms with Crippen LogP contribution in [-0.4, -0.2) is 15.3 Å². The van der Waals surface area contributed by atoms with Gasteiger partial charge in [-0.15, -0.1) is 0 Å². The van der Waals surface area contributed by atoms with E-state index < -0.39 is 0 Å². The number of phenols is 3. The van der Waals surface area contributed by atoms with Crippen LogP contribution in [0, 0.1) is 27.7 Å². The molecule has 0 aromatic heterocycles. The lowest BCUT2D eigenvalue weighted by Crippen LogP contribution is -2.11. The van der Waals surface area contributed by atoms with Crippen molar-refractivity contribution in [1.82, 2.24) is 0 Å². The van der Waals surface area contributed by atoms with Crippen LogP contribution in [0.25, 0.3) is 0 Å². The molecular weight excluding hydrogens is 414 g/mol. The Morgan fingerprint density at radius 3 is 1.88 bits per heavy atom. The fourth-order valence-electron chi connectivity index (χ4n) is 3.76. The number of rotatable bonds is 5. The molecule has 0 saturated heterocycles. The van der Waals surface area contributed by atoms with E-state index in [2.05, 4.69) is 0 Å². The molecule has 0 radical (unpaired) electrons. The van der Waals surface area contributed by atoms with Crippen LogP contribution in [0.15, 0.2) is 72.8 Å². The highest BCUT2D eigenvalue weighted by Crippen LogP contribution is 2.45. The van der Waals surface area contributed by atoms with Gasteiger partial charge in [-0.25, -0.2) is 0 Å². The maximum Gasteiger partial charge on any atom is 0.139 e. The number of nitrogens with zero attached hydrogens (tertiary/aromatic N) is 1. The number of phenolic OH excluding ortho intramolecular Hbond substituents is 3. The molecule has 5 heteroatoms. The Hall–Kier alpha value is -4.12. The van der Waals surface area contributed by atoms with Gasteiger partial charge in [-0.2, -0.15) is 0 Å². The van der Waals surface area contributed by atoms with Crippen LogP contribution in [0.4, 0.5) is 17.1 Å². The van der Waals surface area contributed by atoms with Crippen molar-refractivity contribution in [1.29, 1.82) is 0 Å². The van der Waals surface area contributed by atoms with Gasteiger partial charge in [0.15, 0.2) is 0 Å². The number of anilines is 3. The molecule has 0 amide bonds. The molecule has 168 valence electrons. The number of aryl methyl sites for hydroxylation is 3. The SMILES string of the molecule is Cc1ccc(O)c(N(c2cccc(Oc3cc(O)cc(C)c3C)c2)c2cc(C)ccc2O)c1. The topological polar surface area (TPSA) is 73.2 Å². The molecule has 0 fully saturated rings. The van der Waals surface area contributed by atoms with E-state index in [9.17, 15) is 15.3 Å². The van der Waals surface area contributed by atoms with Crippen LogP contribution in [0.3, 0.4) is 0 Å². The average Bonchev–Trinajstić information content (AvgIpc) is 2.77. The molecule has 0 aliphatic rings. The predicted molar refractivity (Wildman–Crippen MR) is 132 cm³/mol.